The van der Waals surface area contributed by atoms with Crippen LogP contribution in [0.2, 0.25) is 0 Å². The topological polar surface area (TPSA) is 352 Å². The van der Waals surface area contributed by atoms with E-state index in [1.54, 1.807) is 0 Å². The summed E-state index contributed by atoms with van der Waals surface area (Å²) in [5.74, 6) is 0. The summed E-state index contributed by atoms with van der Waals surface area (Å²) in [6.45, 7) is 0. The maximum absolute atomic E-state index is 6.75. The largest absolute Gasteiger partial charge is 6.00 e. The van der Waals surface area contributed by atoms with E-state index in [1.807, 2.05) is 0 Å². The second-order valence-corrected chi connectivity index (χ2v) is 0.537. The number of nitrogens with zero attached hydrogens (tertiary/aromatic N) is 18. The van der Waals surface area contributed by atoms with Gasteiger partial charge in [-0.1, -0.05) is 0 Å². The molecule has 0 rings (SSSR count). The molecular weight excluding hydrogens is 348 g/mol. The molecule has 0 radical (unpaired) electrons. The zero-order valence-electron chi connectivity index (χ0n) is 8.46. The Morgan fingerprint density at radius 2 is 0.263 bits per heavy atom. The van der Waals surface area contributed by atoms with Crippen LogP contribution in [0, 0.1) is 0 Å². The molecule has 0 bridgehead atoms. The molecule has 19 heteroatoms. The Labute approximate surface area is 117 Å². The van der Waals surface area contributed by atoms with Crippen molar-refractivity contribution in [1.29, 1.82) is 0 Å². The van der Waals surface area contributed by atoms with E-state index < -0.39 is 0 Å². The third-order valence-corrected chi connectivity index (χ3v) is 0. The van der Waals surface area contributed by atoms with Crippen molar-refractivity contribution in [3.05, 3.63) is 95.8 Å². The summed E-state index contributed by atoms with van der Waals surface area (Å²) in [5.41, 5.74) is 81.0. The van der Waals surface area contributed by atoms with Gasteiger partial charge in [-0.25, -0.2) is 0 Å². The molecule has 96 valence electrons. The van der Waals surface area contributed by atoms with Crippen LogP contribution in [0.1, 0.15) is 0 Å². The maximum Gasteiger partial charge on any atom is 6.00 e. The normalized spacial score (nSPS) is 2.53. The first-order chi connectivity index (χ1) is 8.49. The Morgan fingerprint density at radius 3 is 0.263 bits per heavy atom. The van der Waals surface area contributed by atoms with E-state index in [4.69, 9.17) is 66.4 Å². The van der Waals surface area contributed by atoms with Crippen LogP contribution in [0.25, 0.3) is 95.8 Å². The minimum absolute atomic E-state index is 0. The summed E-state index contributed by atoms with van der Waals surface area (Å²) in [6, 6.07) is 0. The fourth-order valence-electron chi connectivity index (χ4n) is 0. The van der Waals surface area contributed by atoms with Crippen molar-refractivity contribution in [1.82, 2.24) is 0 Å². The van der Waals surface area contributed by atoms with Gasteiger partial charge in [-0.2, -0.15) is 0 Å². The molecule has 0 aromatic carbocycles. The van der Waals surface area contributed by atoms with E-state index in [9.17, 15) is 0 Å². The second-order valence-electron chi connectivity index (χ2n) is 0.537. The molecule has 0 heterocycles. The number of rotatable bonds is 0. The Morgan fingerprint density at radius 1 is 0.263 bits per heavy atom. The standard InChI is InChI=1S/Mo.6N3/c;6*1-3-2/q+6;6*-1. The molecule has 0 N–H and O–H groups in total. The van der Waals surface area contributed by atoms with Gasteiger partial charge in [0.2, 0.25) is 0 Å². The minimum Gasteiger partial charge on any atom is -0.373 e. The zero-order valence-corrected chi connectivity index (χ0v) is 10.5. The summed E-state index contributed by atoms with van der Waals surface area (Å²) in [4.78, 5) is 9.00. The quantitative estimate of drug-likeness (QED) is 0.235. The Bertz CT molecular complexity index is 225. The van der Waals surface area contributed by atoms with Crippen LogP contribution in [-0.2, 0) is 21.1 Å². The molecular formula is MoN18. The first-order valence-corrected chi connectivity index (χ1v) is 2.40. The predicted molar refractivity (Wildman–Crippen MR) is 60.5 cm³/mol. The van der Waals surface area contributed by atoms with Crippen LogP contribution in [0.5, 0.6) is 0 Å². The van der Waals surface area contributed by atoms with Gasteiger partial charge in [0.15, 0.2) is 0 Å². The average Bonchev–Trinajstić information content (AvgIpc) is 2.23. The van der Waals surface area contributed by atoms with Crippen LogP contribution < -0.4 is 0 Å². The molecule has 0 aliphatic carbocycles. The summed E-state index contributed by atoms with van der Waals surface area (Å²) in [7, 11) is 0. The molecule has 0 atom stereocenters. The van der Waals surface area contributed by atoms with E-state index in [0.29, 0.717) is 0 Å². The van der Waals surface area contributed by atoms with Gasteiger partial charge in [0.1, 0.15) is 0 Å². The van der Waals surface area contributed by atoms with E-state index in [1.165, 1.54) is 29.5 Å². The molecule has 0 amide bonds. The molecule has 0 saturated heterocycles. The van der Waals surface area contributed by atoms with E-state index >= 15 is 0 Å². The molecule has 0 aromatic rings. The fourth-order valence-corrected chi connectivity index (χ4v) is 0. The van der Waals surface area contributed by atoms with Crippen LogP contribution in [0.15, 0.2) is 0 Å². The van der Waals surface area contributed by atoms with Crippen molar-refractivity contribution in [2.45, 2.75) is 0 Å². The molecule has 0 unspecified atom stereocenters. The van der Waals surface area contributed by atoms with E-state index in [-0.39, 0.29) is 21.1 Å². The molecule has 0 spiro atoms. The van der Waals surface area contributed by atoms with Crippen molar-refractivity contribution in [3.63, 3.8) is 0 Å². The minimum atomic E-state index is 0. The number of hydrogen-bond donors (Lipinski definition) is 0. The van der Waals surface area contributed by atoms with Crippen LogP contribution in [-0.4, -0.2) is 0 Å². The van der Waals surface area contributed by atoms with E-state index in [0.717, 1.165) is 0 Å². The molecule has 0 saturated carbocycles. The smallest absolute Gasteiger partial charge is 0.373 e. The van der Waals surface area contributed by atoms with E-state index in [2.05, 4.69) is 0 Å². The average molecular weight is 348 g/mol. The fraction of sp³-hybridized carbons (Fsp3) is 0. The van der Waals surface area contributed by atoms with Crippen molar-refractivity contribution in [2.75, 3.05) is 0 Å². The van der Waals surface area contributed by atoms with Crippen LogP contribution in [0.3, 0.4) is 0 Å². The number of hydrogen-bond acceptors (Lipinski definition) is 0. The first kappa shape index (κ1) is 45.0. The molecule has 0 aliphatic rings. The molecule has 0 aromatic heterocycles. The molecule has 18 nitrogen and oxygen atoms in total. The Kier molecular flexibility index (Phi) is 975. The SMILES string of the molecule is [Mo+6].[N-]=[N+]=[N-].[N-]=[N+]=[N-].[N-]=[N+]=[N-].[N-]=[N+]=[N-].[N-]=[N+]=[N-].[N-]=[N+]=[N-]. The molecule has 0 fully saturated rings. The van der Waals surface area contributed by atoms with Crippen molar-refractivity contribution < 1.29 is 21.1 Å². The Hall–Kier alpha value is -3.45. The van der Waals surface area contributed by atoms with Crippen LogP contribution in [0.4, 0.5) is 0 Å². The third-order valence-electron chi connectivity index (χ3n) is 0. The molecule has 0 aliphatic heterocycles. The second kappa shape index (κ2) is 411. The van der Waals surface area contributed by atoms with Gasteiger partial charge in [0.05, 0.1) is 0 Å². The van der Waals surface area contributed by atoms with Gasteiger partial charge < -0.3 is 66.4 Å². The van der Waals surface area contributed by atoms with Crippen molar-refractivity contribution in [3.8, 4) is 0 Å². The summed E-state index contributed by atoms with van der Waals surface area (Å²) in [5, 5.41) is 0. The van der Waals surface area contributed by atoms with Crippen molar-refractivity contribution in [2.24, 2.45) is 0 Å². The first-order valence-electron chi connectivity index (χ1n) is 2.40. The van der Waals surface area contributed by atoms with Crippen LogP contribution >= 0.6 is 0 Å². The summed E-state index contributed by atoms with van der Waals surface area (Å²) in [6.07, 6.45) is 0. The molecule has 19 heavy (non-hydrogen) atoms. The monoisotopic (exact) mass is 350 g/mol. The van der Waals surface area contributed by atoms with Gasteiger partial charge >= 0.3 is 21.1 Å². The van der Waals surface area contributed by atoms with Gasteiger partial charge in [0.25, 0.3) is 0 Å². The summed E-state index contributed by atoms with van der Waals surface area (Å²) < 4.78 is 0. The van der Waals surface area contributed by atoms with Gasteiger partial charge in [-0.15, -0.1) is 0 Å². The van der Waals surface area contributed by atoms with Gasteiger partial charge in [-0.3, -0.25) is 29.5 Å². The summed E-state index contributed by atoms with van der Waals surface area (Å²) >= 11 is 0. The van der Waals surface area contributed by atoms with Crippen molar-refractivity contribution >= 4 is 0 Å². The van der Waals surface area contributed by atoms with Gasteiger partial charge in [-0.05, 0) is 0 Å². The zero-order chi connectivity index (χ0) is 16.2. The van der Waals surface area contributed by atoms with Gasteiger partial charge in [0, 0.05) is 0 Å². The predicted octanol–water partition coefficient (Wildman–Crippen LogP) is 5.19. The Balaban J connectivity index is -0.0000000180. The maximum atomic E-state index is 6.75. The third kappa shape index (κ3) is 192.